The van der Waals surface area contributed by atoms with E-state index in [2.05, 4.69) is 102 Å². The minimum Gasteiger partial charge on any atom is -0.372 e. The lowest BCUT2D eigenvalue weighted by atomic mass is 10.0. The maximum absolute atomic E-state index is 4.96. The van der Waals surface area contributed by atoms with E-state index in [1.54, 1.807) is 0 Å². The molecule has 0 aromatic heterocycles. The molecule has 0 saturated heterocycles. The van der Waals surface area contributed by atoms with E-state index in [1.807, 2.05) is 28.5 Å². The summed E-state index contributed by atoms with van der Waals surface area (Å²) in [6.07, 6.45) is 20.8. The predicted octanol–water partition coefficient (Wildman–Crippen LogP) is 2.06. The highest BCUT2D eigenvalue weighted by Crippen LogP contribution is 2.24. The Morgan fingerprint density at radius 1 is 0.857 bits per heavy atom. The molecule has 2 unspecified atom stereocenters. The molecule has 3 heterocycles. The molecular weight excluding hydrogens is 436 g/mol. The molecule has 3 aliphatic heterocycles. The van der Waals surface area contributed by atoms with Gasteiger partial charge in [-0.2, -0.15) is 5.01 Å². The fourth-order valence-corrected chi connectivity index (χ4v) is 4.81. The maximum atomic E-state index is 4.96. The van der Waals surface area contributed by atoms with Gasteiger partial charge in [-0.25, -0.2) is 15.0 Å². The fraction of sp³-hybridized carbons (Fsp3) is 0.222. The summed E-state index contributed by atoms with van der Waals surface area (Å²) in [5, 5.41) is 7.52. The highest BCUT2D eigenvalue weighted by atomic mass is 15.6. The standard InChI is InChI=1S/C27H28N8/c1-3-33(4-2)22-15-13-19(14-16-22)25-30-26(34-23-11-7-5-9-20(23)17-28-34)32-27(31-25)35-24-12-8-6-10-21(24)18-29-35/h5-18,23-24,28-29H,3-4H2,1-2H3/p+1. The third kappa shape index (κ3) is 3.74. The molecule has 35 heavy (non-hydrogen) atoms. The molecule has 2 atom stereocenters. The molecule has 0 spiro atoms. The van der Waals surface area contributed by atoms with Crippen molar-refractivity contribution in [1.29, 1.82) is 0 Å². The van der Waals surface area contributed by atoms with Crippen molar-refractivity contribution in [3.8, 4) is 0 Å². The monoisotopic (exact) mass is 465 g/mol. The Hall–Kier alpha value is -4.42. The van der Waals surface area contributed by atoms with E-state index >= 15 is 0 Å². The van der Waals surface area contributed by atoms with Crippen molar-refractivity contribution >= 4 is 23.4 Å². The maximum Gasteiger partial charge on any atom is 0.461 e. The predicted molar refractivity (Wildman–Crippen MR) is 142 cm³/mol. The number of amidine groups is 1. The molecule has 0 saturated carbocycles. The molecule has 8 heteroatoms. The van der Waals surface area contributed by atoms with E-state index < -0.39 is 0 Å². The SMILES string of the molecule is CCN(CC)c1ccc(C2=[N+]=C(N3NC=C4C=CC=CC43)N=C(N3NC=C4C=CC=CC43)N2)cc1. The number of hydrogen-bond donors (Lipinski definition) is 3. The second-order valence-electron chi connectivity index (χ2n) is 8.70. The Morgan fingerprint density at radius 3 is 2.14 bits per heavy atom. The van der Waals surface area contributed by atoms with Crippen LogP contribution < -0.4 is 25.7 Å². The zero-order chi connectivity index (χ0) is 23.8. The number of nitrogens with one attached hydrogen (secondary N) is 3. The Bertz CT molecular complexity index is 1300. The third-order valence-electron chi connectivity index (χ3n) is 6.73. The summed E-state index contributed by atoms with van der Waals surface area (Å²) in [6.45, 7) is 6.30. The number of guanidine groups is 2. The fourth-order valence-electron chi connectivity index (χ4n) is 4.81. The Balaban J connectivity index is 1.36. The molecular formula is C27H29N8+. The minimum atomic E-state index is 0.0471. The van der Waals surface area contributed by atoms with Gasteiger partial charge in [-0.05, 0) is 54.8 Å². The van der Waals surface area contributed by atoms with Gasteiger partial charge in [0, 0.05) is 36.7 Å². The van der Waals surface area contributed by atoms with Crippen LogP contribution >= 0.6 is 0 Å². The number of hydrazine groups is 2. The first-order valence-electron chi connectivity index (χ1n) is 12.1. The van der Waals surface area contributed by atoms with Crippen LogP contribution in [0.1, 0.15) is 19.4 Å². The lowest BCUT2D eigenvalue weighted by Crippen LogP contribution is -2.56. The first-order valence-corrected chi connectivity index (χ1v) is 12.1. The molecule has 8 nitrogen and oxygen atoms in total. The summed E-state index contributed by atoms with van der Waals surface area (Å²) >= 11 is 0. The normalized spacial score (nSPS) is 23.3. The van der Waals surface area contributed by atoms with Crippen LogP contribution in [0.4, 0.5) is 5.69 Å². The summed E-state index contributed by atoms with van der Waals surface area (Å²) in [5.41, 5.74) is 11.3. The number of aliphatic imine (C=N–C) groups is 1. The zero-order valence-electron chi connectivity index (χ0n) is 19.9. The largest absolute Gasteiger partial charge is 0.461 e. The van der Waals surface area contributed by atoms with Crippen LogP contribution in [0.5, 0.6) is 0 Å². The number of nitrogens with zero attached hydrogens (tertiary/aromatic N) is 5. The van der Waals surface area contributed by atoms with E-state index in [0.717, 1.165) is 24.5 Å². The van der Waals surface area contributed by atoms with Crippen LogP contribution in [0.2, 0.25) is 0 Å². The topological polar surface area (TPSA) is 72.3 Å². The average Bonchev–Trinajstić information content (AvgIpc) is 3.54. The molecule has 0 fully saturated rings. The number of rotatable bonds is 4. The summed E-state index contributed by atoms with van der Waals surface area (Å²) in [6, 6.07) is 8.66. The van der Waals surface area contributed by atoms with Crippen molar-refractivity contribution in [1.82, 2.24) is 30.9 Å². The molecule has 5 aliphatic rings. The Labute approximate surface area is 205 Å². The number of allylic oxidation sites excluding steroid dienone is 4. The average molecular weight is 466 g/mol. The van der Waals surface area contributed by atoms with Crippen molar-refractivity contribution in [2.75, 3.05) is 18.0 Å². The molecule has 0 bridgehead atoms. The van der Waals surface area contributed by atoms with Crippen LogP contribution in [0.15, 0.2) is 101 Å². The van der Waals surface area contributed by atoms with E-state index in [0.29, 0.717) is 11.9 Å². The number of anilines is 1. The van der Waals surface area contributed by atoms with Crippen molar-refractivity contribution in [2.45, 2.75) is 25.9 Å². The van der Waals surface area contributed by atoms with Gasteiger partial charge < -0.3 is 10.3 Å². The van der Waals surface area contributed by atoms with Crippen LogP contribution in [0, 0.1) is 0 Å². The number of benzene rings is 1. The molecule has 176 valence electrons. The van der Waals surface area contributed by atoms with Crippen LogP contribution in [-0.4, -0.2) is 52.9 Å². The molecule has 3 N–H and O–H groups in total. The van der Waals surface area contributed by atoms with Gasteiger partial charge in [0.15, 0.2) is 0 Å². The van der Waals surface area contributed by atoms with Crippen LogP contribution in [-0.2, 0) is 0 Å². The Kier molecular flexibility index (Phi) is 5.28. The number of hydrogen-bond acceptors (Lipinski definition) is 7. The van der Waals surface area contributed by atoms with Gasteiger partial charge in [0.1, 0.15) is 12.1 Å². The van der Waals surface area contributed by atoms with E-state index in [1.165, 1.54) is 16.8 Å². The number of fused-ring (bicyclic) bond motifs is 2. The quantitative estimate of drug-likeness (QED) is 0.592. The van der Waals surface area contributed by atoms with Crippen LogP contribution in [0.25, 0.3) is 0 Å². The third-order valence-corrected chi connectivity index (χ3v) is 6.73. The molecule has 2 aliphatic carbocycles. The van der Waals surface area contributed by atoms with Crippen LogP contribution in [0.3, 0.4) is 0 Å². The molecule has 1 aromatic carbocycles. The van der Waals surface area contributed by atoms with Gasteiger partial charge in [0.25, 0.3) is 5.84 Å². The van der Waals surface area contributed by atoms with E-state index in [-0.39, 0.29) is 12.1 Å². The van der Waals surface area contributed by atoms with Gasteiger partial charge in [0.2, 0.25) is 0 Å². The summed E-state index contributed by atoms with van der Waals surface area (Å²) in [4.78, 5) is 7.28. The zero-order valence-corrected chi connectivity index (χ0v) is 19.9. The van der Waals surface area contributed by atoms with Crippen molar-refractivity contribution in [3.63, 3.8) is 0 Å². The van der Waals surface area contributed by atoms with Gasteiger partial charge in [0.05, 0.1) is 5.56 Å². The van der Waals surface area contributed by atoms with Gasteiger partial charge in [-0.3, -0.25) is 5.43 Å². The second kappa shape index (κ2) is 8.74. The van der Waals surface area contributed by atoms with Gasteiger partial charge >= 0.3 is 11.9 Å². The van der Waals surface area contributed by atoms with Crippen molar-refractivity contribution in [3.05, 3.63) is 102 Å². The highest BCUT2D eigenvalue weighted by Gasteiger charge is 2.40. The lowest BCUT2D eigenvalue weighted by molar-refractivity contribution is 0.346. The van der Waals surface area contributed by atoms with Gasteiger partial charge in [-0.15, -0.1) is 0 Å². The molecule has 0 amide bonds. The first kappa shape index (κ1) is 21.1. The second-order valence-corrected chi connectivity index (χ2v) is 8.70. The molecule has 0 radical (unpaired) electrons. The minimum absolute atomic E-state index is 0.0471. The molecule has 6 rings (SSSR count). The summed E-state index contributed by atoms with van der Waals surface area (Å²) in [5.74, 6) is 2.05. The summed E-state index contributed by atoms with van der Waals surface area (Å²) in [7, 11) is 0. The van der Waals surface area contributed by atoms with Crippen molar-refractivity contribution in [2.24, 2.45) is 4.99 Å². The summed E-state index contributed by atoms with van der Waals surface area (Å²) < 4.78 is 4.96. The molecule has 1 aromatic rings. The first-order chi connectivity index (χ1) is 17.2. The van der Waals surface area contributed by atoms with E-state index in [4.69, 9.17) is 9.66 Å². The van der Waals surface area contributed by atoms with Gasteiger partial charge in [-0.1, -0.05) is 42.5 Å². The van der Waals surface area contributed by atoms with Crippen molar-refractivity contribution < 1.29 is 0 Å². The highest BCUT2D eigenvalue weighted by molar-refractivity contribution is 6.15. The Morgan fingerprint density at radius 2 is 1.49 bits per heavy atom. The van der Waals surface area contributed by atoms with E-state index in [9.17, 15) is 0 Å². The lowest BCUT2D eigenvalue weighted by Gasteiger charge is -2.27. The smallest absolute Gasteiger partial charge is 0.372 e.